The first-order chi connectivity index (χ1) is 10.9. The number of hydrogen-bond donors (Lipinski definition) is 2. The Hall–Kier alpha value is -2.31. The third kappa shape index (κ3) is 3.91. The van der Waals surface area contributed by atoms with Gasteiger partial charge in [-0.05, 0) is 45.7 Å². The van der Waals surface area contributed by atoms with Crippen molar-refractivity contribution < 1.29 is 9.53 Å². The molecule has 1 saturated heterocycles. The second-order valence-electron chi connectivity index (χ2n) is 6.87. The highest BCUT2D eigenvalue weighted by Gasteiger charge is 2.25. The monoisotopic (exact) mass is 317 g/mol. The fourth-order valence-electron chi connectivity index (χ4n) is 2.74. The number of anilines is 1. The highest BCUT2D eigenvalue weighted by atomic mass is 16.6. The third-order valence-corrected chi connectivity index (χ3v) is 3.69. The molecule has 3 heterocycles. The van der Waals surface area contributed by atoms with Crippen LogP contribution in [0.25, 0.3) is 11.2 Å². The van der Waals surface area contributed by atoms with E-state index in [0.717, 1.165) is 30.9 Å². The number of carbonyl (C=O) groups is 1. The molecule has 0 radical (unpaired) electrons. The van der Waals surface area contributed by atoms with E-state index >= 15 is 0 Å². The number of alkyl carbamates (subject to hydrolysis) is 1. The standard InChI is InChI=1S/C16H23N5O2/c1-16(2,3)23-15(22)18-11-6-5-9-21(10-11)14-19-12-7-4-8-17-13(12)20-14/h4,7-8,11H,5-6,9-10H2,1-3H3,(H,18,22)(H,17,19,20)/t11-/m1/s1. The highest BCUT2D eigenvalue weighted by Crippen LogP contribution is 2.20. The molecule has 1 fully saturated rings. The lowest BCUT2D eigenvalue weighted by molar-refractivity contribution is 0.0500. The van der Waals surface area contributed by atoms with Gasteiger partial charge in [-0.3, -0.25) is 0 Å². The molecule has 23 heavy (non-hydrogen) atoms. The van der Waals surface area contributed by atoms with Crippen LogP contribution in [0.3, 0.4) is 0 Å². The highest BCUT2D eigenvalue weighted by molar-refractivity contribution is 5.73. The molecule has 1 aliphatic heterocycles. The van der Waals surface area contributed by atoms with Gasteiger partial charge in [-0.2, -0.15) is 4.98 Å². The van der Waals surface area contributed by atoms with Crippen LogP contribution in [-0.2, 0) is 4.74 Å². The maximum absolute atomic E-state index is 11.9. The molecule has 0 aliphatic carbocycles. The van der Waals surface area contributed by atoms with E-state index in [1.165, 1.54) is 0 Å². The van der Waals surface area contributed by atoms with Crippen LogP contribution in [0.5, 0.6) is 0 Å². The van der Waals surface area contributed by atoms with Crippen LogP contribution in [0.2, 0.25) is 0 Å². The number of piperidine rings is 1. The number of aromatic amines is 1. The first-order valence-electron chi connectivity index (χ1n) is 7.96. The zero-order chi connectivity index (χ0) is 16.4. The van der Waals surface area contributed by atoms with Crippen molar-refractivity contribution in [1.29, 1.82) is 0 Å². The molecule has 2 N–H and O–H groups in total. The van der Waals surface area contributed by atoms with Crippen LogP contribution in [0, 0.1) is 0 Å². The van der Waals surface area contributed by atoms with E-state index in [1.54, 1.807) is 6.20 Å². The minimum absolute atomic E-state index is 0.0553. The Morgan fingerprint density at radius 2 is 2.30 bits per heavy atom. The molecule has 0 bridgehead atoms. The molecule has 1 aliphatic rings. The number of amides is 1. The van der Waals surface area contributed by atoms with Gasteiger partial charge in [-0.25, -0.2) is 9.78 Å². The normalized spacial score (nSPS) is 18.9. The number of ether oxygens (including phenoxy) is 1. The quantitative estimate of drug-likeness (QED) is 0.889. The van der Waals surface area contributed by atoms with Crippen LogP contribution in [0.4, 0.5) is 10.7 Å². The summed E-state index contributed by atoms with van der Waals surface area (Å²) < 4.78 is 5.33. The number of carbonyl (C=O) groups excluding carboxylic acids is 1. The van der Waals surface area contributed by atoms with Gasteiger partial charge in [-0.15, -0.1) is 0 Å². The molecular weight excluding hydrogens is 294 g/mol. The zero-order valence-corrected chi connectivity index (χ0v) is 13.8. The third-order valence-electron chi connectivity index (χ3n) is 3.69. The first kappa shape index (κ1) is 15.6. The fourth-order valence-corrected chi connectivity index (χ4v) is 2.74. The molecule has 2 aromatic heterocycles. The second-order valence-corrected chi connectivity index (χ2v) is 6.87. The van der Waals surface area contributed by atoms with E-state index in [2.05, 4.69) is 25.2 Å². The summed E-state index contributed by atoms with van der Waals surface area (Å²) in [5, 5.41) is 2.95. The number of H-pyrrole nitrogens is 1. The predicted octanol–water partition coefficient (Wildman–Crippen LogP) is 2.45. The molecule has 7 heteroatoms. The van der Waals surface area contributed by atoms with E-state index in [1.807, 2.05) is 32.9 Å². The Morgan fingerprint density at radius 3 is 3.04 bits per heavy atom. The number of nitrogens with one attached hydrogen (secondary N) is 2. The molecule has 1 amide bonds. The summed E-state index contributed by atoms with van der Waals surface area (Å²) in [4.78, 5) is 26.1. The van der Waals surface area contributed by atoms with E-state index in [4.69, 9.17) is 4.74 Å². The number of hydrogen-bond acceptors (Lipinski definition) is 5. The maximum atomic E-state index is 11.9. The molecule has 0 saturated carbocycles. The minimum atomic E-state index is -0.483. The summed E-state index contributed by atoms with van der Waals surface area (Å²) in [6.07, 6.45) is 3.30. The average Bonchev–Trinajstić information content (AvgIpc) is 2.89. The molecule has 2 aromatic rings. The number of imidazole rings is 1. The van der Waals surface area contributed by atoms with Crippen molar-refractivity contribution in [2.45, 2.75) is 45.3 Å². The SMILES string of the molecule is CC(C)(C)OC(=O)N[C@@H]1CCCN(c2nc3ncccc3[nH]2)C1. The Balaban J connectivity index is 1.65. The van der Waals surface area contributed by atoms with Gasteiger partial charge in [0.05, 0.1) is 5.52 Å². The molecule has 124 valence electrons. The summed E-state index contributed by atoms with van der Waals surface area (Å²) in [6, 6.07) is 3.90. The van der Waals surface area contributed by atoms with Crippen molar-refractivity contribution in [3.8, 4) is 0 Å². The van der Waals surface area contributed by atoms with Gasteiger partial charge in [-0.1, -0.05) is 0 Å². The molecular formula is C16H23N5O2. The van der Waals surface area contributed by atoms with E-state index in [-0.39, 0.29) is 12.1 Å². The van der Waals surface area contributed by atoms with Crippen LogP contribution in [0.1, 0.15) is 33.6 Å². The Bertz CT molecular complexity index is 658. The molecule has 3 rings (SSSR count). The second kappa shape index (κ2) is 6.06. The van der Waals surface area contributed by atoms with Crippen molar-refractivity contribution in [2.24, 2.45) is 0 Å². The van der Waals surface area contributed by atoms with Crippen molar-refractivity contribution in [2.75, 3.05) is 18.0 Å². The van der Waals surface area contributed by atoms with Gasteiger partial charge < -0.3 is 19.9 Å². The molecule has 0 aromatic carbocycles. The summed E-state index contributed by atoms with van der Waals surface area (Å²) in [6.45, 7) is 7.20. The first-order valence-corrected chi connectivity index (χ1v) is 7.96. The molecule has 0 spiro atoms. The lowest BCUT2D eigenvalue weighted by Gasteiger charge is -2.33. The van der Waals surface area contributed by atoms with Crippen molar-refractivity contribution in [1.82, 2.24) is 20.3 Å². The molecule has 1 atom stereocenters. The lowest BCUT2D eigenvalue weighted by atomic mass is 10.1. The van der Waals surface area contributed by atoms with E-state index in [0.29, 0.717) is 12.2 Å². The van der Waals surface area contributed by atoms with Gasteiger partial charge >= 0.3 is 6.09 Å². The smallest absolute Gasteiger partial charge is 0.407 e. The van der Waals surface area contributed by atoms with Gasteiger partial charge in [0, 0.05) is 25.3 Å². The zero-order valence-electron chi connectivity index (χ0n) is 13.8. The molecule has 0 unspecified atom stereocenters. The summed E-state index contributed by atoms with van der Waals surface area (Å²) in [7, 11) is 0. The van der Waals surface area contributed by atoms with Crippen LogP contribution in [0.15, 0.2) is 18.3 Å². The summed E-state index contributed by atoms with van der Waals surface area (Å²) >= 11 is 0. The van der Waals surface area contributed by atoms with Crippen LogP contribution in [-0.4, -0.2) is 45.8 Å². The topological polar surface area (TPSA) is 83.1 Å². The predicted molar refractivity (Wildman–Crippen MR) is 88.5 cm³/mol. The Kier molecular flexibility index (Phi) is 4.11. The number of fused-ring (bicyclic) bond motifs is 1. The number of nitrogens with zero attached hydrogens (tertiary/aromatic N) is 3. The summed E-state index contributed by atoms with van der Waals surface area (Å²) in [5.41, 5.74) is 1.15. The van der Waals surface area contributed by atoms with Crippen LogP contribution < -0.4 is 10.2 Å². The van der Waals surface area contributed by atoms with Gasteiger partial charge in [0.1, 0.15) is 5.60 Å². The van der Waals surface area contributed by atoms with Gasteiger partial charge in [0.15, 0.2) is 5.65 Å². The Morgan fingerprint density at radius 1 is 1.48 bits per heavy atom. The van der Waals surface area contributed by atoms with Crippen LogP contribution >= 0.6 is 0 Å². The number of aromatic nitrogens is 3. The average molecular weight is 317 g/mol. The largest absolute Gasteiger partial charge is 0.444 e. The van der Waals surface area contributed by atoms with E-state index < -0.39 is 5.60 Å². The maximum Gasteiger partial charge on any atom is 0.407 e. The van der Waals surface area contributed by atoms with Crippen molar-refractivity contribution in [3.05, 3.63) is 18.3 Å². The van der Waals surface area contributed by atoms with E-state index in [9.17, 15) is 4.79 Å². The lowest BCUT2D eigenvalue weighted by Crippen LogP contribution is -2.49. The fraction of sp³-hybridized carbons (Fsp3) is 0.562. The van der Waals surface area contributed by atoms with Gasteiger partial charge in [0.25, 0.3) is 0 Å². The van der Waals surface area contributed by atoms with Crippen molar-refractivity contribution in [3.63, 3.8) is 0 Å². The summed E-state index contributed by atoms with van der Waals surface area (Å²) in [5.74, 6) is 0.800. The number of pyridine rings is 1. The Labute approximate surface area is 135 Å². The van der Waals surface area contributed by atoms with Crippen molar-refractivity contribution >= 4 is 23.2 Å². The molecule has 7 nitrogen and oxygen atoms in total. The van der Waals surface area contributed by atoms with Gasteiger partial charge in [0.2, 0.25) is 5.95 Å². The minimum Gasteiger partial charge on any atom is -0.444 e. The number of rotatable bonds is 2.